The van der Waals surface area contributed by atoms with E-state index in [9.17, 15) is 0 Å². The van der Waals surface area contributed by atoms with Gasteiger partial charge in [0, 0.05) is 0 Å². The van der Waals surface area contributed by atoms with E-state index in [0.29, 0.717) is 0 Å². The highest BCUT2D eigenvalue weighted by Crippen LogP contribution is 2.31. The van der Waals surface area contributed by atoms with Crippen LogP contribution in [0.4, 0.5) is 0 Å². The molecule has 0 amide bonds. The number of benzene rings is 6. The molecule has 6 aromatic carbocycles. The van der Waals surface area contributed by atoms with Crippen molar-refractivity contribution in [3.8, 4) is 33.4 Å². The first kappa shape index (κ1) is 29.9. The van der Waals surface area contributed by atoms with Crippen LogP contribution in [0.25, 0.3) is 33.4 Å². The van der Waals surface area contributed by atoms with Crippen LogP contribution in [0.3, 0.4) is 0 Å². The molecule has 2 heteroatoms. The molecule has 0 unspecified atom stereocenters. The lowest BCUT2D eigenvalue weighted by atomic mass is 10.00. The Kier molecular flexibility index (Phi) is 8.20. The third kappa shape index (κ3) is 5.36. The Hall–Kier alpha value is -4.17. The quantitative estimate of drug-likeness (QED) is 0.101. The molecule has 0 aromatic heterocycles. The molecule has 0 saturated heterocycles. The fraction of sp³-hybridized carbons (Fsp3) is 0.143. The van der Waals surface area contributed by atoms with Crippen LogP contribution < -0.4 is 15.6 Å². The molecule has 6 aromatic rings. The van der Waals surface area contributed by atoms with Gasteiger partial charge in [-0.2, -0.15) is 0 Å². The summed E-state index contributed by atoms with van der Waals surface area (Å²) in [7, 11) is -3.04. The van der Waals surface area contributed by atoms with E-state index in [2.05, 4.69) is 169 Å². The molecule has 6 rings (SSSR count). The Balaban J connectivity index is 1.64. The van der Waals surface area contributed by atoms with Gasteiger partial charge in [0.15, 0.2) is 0 Å². The molecule has 0 aliphatic carbocycles. The van der Waals surface area contributed by atoms with Crippen LogP contribution in [0.1, 0.15) is 33.4 Å². The first-order valence-electron chi connectivity index (χ1n) is 15.4. The van der Waals surface area contributed by atoms with Crippen LogP contribution in [-0.2, 0) is 0 Å². The molecule has 0 atom stereocenters. The highest BCUT2D eigenvalue weighted by Gasteiger charge is 2.44. The SMILES string of the molecule is Cc1cc(-c2ccccc2)cc(C)c1[Si](Cl)(c1c(C)cc(-c2ccccc2)cc1C)c1c(C)cc(-c2ccccc2)cc1C. The van der Waals surface area contributed by atoms with Gasteiger partial charge in [-0.05, 0) is 124 Å². The van der Waals surface area contributed by atoms with Crippen LogP contribution in [0, 0.1) is 41.5 Å². The van der Waals surface area contributed by atoms with Gasteiger partial charge in [0.1, 0.15) is 0 Å². The smallest absolute Gasteiger partial charge is 0.149 e. The van der Waals surface area contributed by atoms with Crippen molar-refractivity contribution in [1.29, 1.82) is 0 Å². The lowest BCUT2D eigenvalue weighted by Crippen LogP contribution is -2.67. The van der Waals surface area contributed by atoms with Gasteiger partial charge in [-0.25, -0.2) is 0 Å². The van der Waals surface area contributed by atoms with Crippen molar-refractivity contribution in [1.82, 2.24) is 0 Å². The number of hydrogen-bond acceptors (Lipinski definition) is 0. The van der Waals surface area contributed by atoms with Crippen molar-refractivity contribution < 1.29 is 0 Å². The maximum Gasteiger partial charge on any atom is 0.249 e. The predicted molar refractivity (Wildman–Crippen MR) is 195 cm³/mol. The van der Waals surface area contributed by atoms with E-state index in [1.165, 1.54) is 82.3 Å². The fourth-order valence-electron chi connectivity index (χ4n) is 7.29. The zero-order valence-corrected chi connectivity index (χ0v) is 28.3. The Morgan fingerprint density at radius 1 is 0.318 bits per heavy atom. The lowest BCUT2D eigenvalue weighted by Gasteiger charge is -2.35. The monoisotopic (exact) mass is 606 g/mol. The zero-order valence-electron chi connectivity index (χ0n) is 26.5. The van der Waals surface area contributed by atoms with Crippen molar-refractivity contribution in [2.45, 2.75) is 41.5 Å². The highest BCUT2D eigenvalue weighted by molar-refractivity contribution is 7.41. The summed E-state index contributed by atoms with van der Waals surface area (Å²) in [5, 5.41) is 3.91. The molecule has 0 heterocycles. The van der Waals surface area contributed by atoms with Gasteiger partial charge in [0.25, 0.3) is 0 Å². The molecule has 44 heavy (non-hydrogen) atoms. The maximum absolute atomic E-state index is 8.48. The van der Waals surface area contributed by atoms with E-state index in [1.54, 1.807) is 0 Å². The zero-order chi connectivity index (χ0) is 31.0. The minimum absolute atomic E-state index is 1.23. The molecular formula is C42H39ClSi. The van der Waals surface area contributed by atoms with E-state index in [4.69, 9.17) is 11.1 Å². The van der Waals surface area contributed by atoms with Crippen LogP contribution >= 0.6 is 11.1 Å². The summed E-state index contributed by atoms with van der Waals surface area (Å²) >= 11 is 8.48. The third-order valence-corrected chi connectivity index (χ3v) is 15.1. The van der Waals surface area contributed by atoms with E-state index in [1.807, 2.05) is 0 Å². The van der Waals surface area contributed by atoms with Gasteiger partial charge >= 0.3 is 0 Å². The minimum Gasteiger partial charge on any atom is -0.149 e. The van der Waals surface area contributed by atoms with Crippen LogP contribution in [0.15, 0.2) is 127 Å². The Labute approximate surface area is 268 Å². The summed E-state index contributed by atoms with van der Waals surface area (Å²) in [5.41, 5.74) is 14.9. The maximum atomic E-state index is 8.48. The standard InChI is InChI=1S/C42H39ClSi/c1-28-22-37(34-16-10-7-11-17-34)23-29(2)40(28)44(43,41-30(3)24-38(25-31(41)4)35-18-12-8-13-19-35)42-32(5)26-39(27-33(42)6)36-20-14-9-15-21-36/h7-27H,1-6H3. The normalized spacial score (nSPS) is 11.5. The average Bonchev–Trinajstić information content (AvgIpc) is 3.01. The number of rotatable bonds is 6. The first-order valence-corrected chi connectivity index (χ1v) is 18.4. The minimum atomic E-state index is -3.04. The van der Waals surface area contributed by atoms with Gasteiger partial charge in [-0.1, -0.05) is 127 Å². The summed E-state index contributed by atoms with van der Waals surface area (Å²) in [6.07, 6.45) is 0. The fourth-order valence-corrected chi connectivity index (χ4v) is 14.4. The summed E-state index contributed by atoms with van der Waals surface area (Å²) in [4.78, 5) is 0. The number of halogens is 1. The molecular weight excluding hydrogens is 568 g/mol. The van der Waals surface area contributed by atoms with Gasteiger partial charge in [0.05, 0.1) is 0 Å². The second kappa shape index (κ2) is 12.1. The number of hydrogen-bond donors (Lipinski definition) is 0. The lowest BCUT2D eigenvalue weighted by molar-refractivity contribution is 1.38. The summed E-state index contributed by atoms with van der Waals surface area (Å²) in [6, 6.07) is 46.0. The van der Waals surface area contributed by atoms with Crippen molar-refractivity contribution in [2.75, 3.05) is 0 Å². The summed E-state index contributed by atoms with van der Waals surface area (Å²) < 4.78 is 0. The molecule has 0 N–H and O–H groups in total. The van der Waals surface area contributed by atoms with E-state index in [0.717, 1.165) is 0 Å². The molecule has 0 bridgehead atoms. The van der Waals surface area contributed by atoms with Gasteiger partial charge in [-0.15, -0.1) is 11.1 Å². The molecule has 0 spiro atoms. The average molecular weight is 607 g/mol. The third-order valence-electron chi connectivity index (χ3n) is 8.95. The Morgan fingerprint density at radius 3 is 0.727 bits per heavy atom. The second-order valence-electron chi connectivity index (χ2n) is 12.2. The Morgan fingerprint density at radius 2 is 0.523 bits per heavy atom. The Bertz CT molecular complexity index is 1660. The van der Waals surface area contributed by atoms with E-state index < -0.39 is 7.38 Å². The van der Waals surface area contributed by atoms with Gasteiger partial charge in [-0.3, -0.25) is 0 Å². The van der Waals surface area contributed by atoms with Gasteiger partial charge < -0.3 is 0 Å². The molecule has 0 aliphatic heterocycles. The van der Waals surface area contributed by atoms with Crippen LogP contribution in [-0.4, -0.2) is 7.38 Å². The van der Waals surface area contributed by atoms with Crippen molar-refractivity contribution in [3.05, 3.63) is 161 Å². The second-order valence-corrected chi connectivity index (χ2v) is 16.7. The largest absolute Gasteiger partial charge is 0.249 e. The van der Waals surface area contributed by atoms with Crippen LogP contribution in [0.2, 0.25) is 0 Å². The van der Waals surface area contributed by atoms with E-state index in [-0.39, 0.29) is 0 Å². The van der Waals surface area contributed by atoms with Crippen molar-refractivity contribution in [2.24, 2.45) is 0 Å². The molecule has 0 aliphatic rings. The molecule has 0 saturated carbocycles. The van der Waals surface area contributed by atoms with Gasteiger partial charge in [0.2, 0.25) is 7.38 Å². The molecule has 0 radical (unpaired) electrons. The summed E-state index contributed by atoms with van der Waals surface area (Å²) in [6.45, 7) is 13.5. The molecule has 218 valence electrons. The number of aryl methyl sites for hydroxylation is 6. The molecule has 0 nitrogen and oxygen atoms in total. The molecule has 0 fully saturated rings. The van der Waals surface area contributed by atoms with E-state index >= 15 is 0 Å². The van der Waals surface area contributed by atoms with Crippen molar-refractivity contribution >= 4 is 34.0 Å². The predicted octanol–water partition coefficient (Wildman–Crippen LogP) is 9.74. The summed E-state index contributed by atoms with van der Waals surface area (Å²) in [5.74, 6) is 0. The topological polar surface area (TPSA) is 0 Å². The highest BCUT2D eigenvalue weighted by atomic mass is 35.6. The van der Waals surface area contributed by atoms with Crippen molar-refractivity contribution in [3.63, 3.8) is 0 Å². The van der Waals surface area contributed by atoms with Crippen LogP contribution in [0.5, 0.6) is 0 Å². The first-order chi connectivity index (χ1) is 21.2.